The van der Waals surface area contributed by atoms with Gasteiger partial charge in [-0.05, 0) is 55.6 Å². The molecule has 1 amide bonds. The van der Waals surface area contributed by atoms with Gasteiger partial charge in [-0.3, -0.25) is 14.5 Å². The summed E-state index contributed by atoms with van der Waals surface area (Å²) in [6, 6.07) is 21.9. The standard InChI is InChI=1S/C29H31N5O2/c1-33(2)27(23-11-7-13-26(17-23)36-3)19-31-28(35)15-14-25-21-34(20-22-9-5-4-6-10-22)32-29(25)24-12-8-16-30-18-24/h4-18,21,27H,19-20H2,1-3H3,(H,31,35)/b15-14+. The number of hydrogen-bond acceptors (Lipinski definition) is 5. The van der Waals surface area contributed by atoms with Crippen molar-refractivity contribution >= 4 is 12.0 Å². The van der Waals surface area contributed by atoms with Crippen molar-refractivity contribution in [3.05, 3.63) is 108 Å². The molecule has 1 atom stereocenters. The lowest BCUT2D eigenvalue weighted by molar-refractivity contribution is -0.116. The van der Waals surface area contributed by atoms with Crippen LogP contribution < -0.4 is 10.1 Å². The lowest BCUT2D eigenvalue weighted by atomic mass is 10.1. The topological polar surface area (TPSA) is 72.3 Å². The number of pyridine rings is 1. The van der Waals surface area contributed by atoms with Crippen LogP contribution in [-0.4, -0.2) is 53.3 Å². The molecule has 0 aliphatic carbocycles. The molecule has 184 valence electrons. The lowest BCUT2D eigenvalue weighted by Gasteiger charge is -2.25. The molecule has 0 fully saturated rings. The Morgan fingerprint density at radius 1 is 1.11 bits per heavy atom. The van der Waals surface area contributed by atoms with Gasteiger partial charge in [-0.2, -0.15) is 5.10 Å². The second kappa shape index (κ2) is 12.0. The number of carbonyl (C=O) groups excluding carboxylic acids is 1. The molecule has 7 heteroatoms. The van der Waals surface area contributed by atoms with Crippen molar-refractivity contribution in [2.24, 2.45) is 0 Å². The zero-order valence-corrected chi connectivity index (χ0v) is 20.8. The molecule has 0 aliphatic rings. The maximum atomic E-state index is 12.8. The van der Waals surface area contributed by atoms with Crippen LogP contribution in [0.2, 0.25) is 0 Å². The molecule has 2 aromatic carbocycles. The number of hydrogen-bond donors (Lipinski definition) is 1. The van der Waals surface area contributed by atoms with Crippen LogP contribution in [0.15, 0.2) is 91.4 Å². The molecule has 0 radical (unpaired) electrons. The Morgan fingerprint density at radius 2 is 1.94 bits per heavy atom. The Morgan fingerprint density at radius 3 is 2.67 bits per heavy atom. The molecule has 0 aliphatic heterocycles. The fourth-order valence-corrected chi connectivity index (χ4v) is 4.01. The Hall–Kier alpha value is -4.23. The third kappa shape index (κ3) is 6.46. The molecule has 0 saturated carbocycles. The van der Waals surface area contributed by atoms with E-state index in [4.69, 9.17) is 9.84 Å². The van der Waals surface area contributed by atoms with Crippen LogP contribution in [0.4, 0.5) is 0 Å². The van der Waals surface area contributed by atoms with Crippen LogP contribution in [0.25, 0.3) is 17.3 Å². The van der Waals surface area contributed by atoms with Crippen molar-refractivity contribution in [3.8, 4) is 17.0 Å². The van der Waals surface area contributed by atoms with E-state index < -0.39 is 0 Å². The monoisotopic (exact) mass is 481 g/mol. The van der Waals surface area contributed by atoms with E-state index in [1.807, 2.05) is 85.6 Å². The summed E-state index contributed by atoms with van der Waals surface area (Å²) in [5.74, 6) is 0.624. The van der Waals surface area contributed by atoms with Crippen LogP contribution in [0.1, 0.15) is 22.7 Å². The minimum absolute atomic E-state index is 0.0111. The third-order valence-corrected chi connectivity index (χ3v) is 5.90. The molecule has 0 spiro atoms. The van der Waals surface area contributed by atoms with Gasteiger partial charge in [-0.25, -0.2) is 0 Å². The number of carbonyl (C=O) groups is 1. The predicted octanol–water partition coefficient (Wildman–Crippen LogP) is 4.43. The molecule has 7 nitrogen and oxygen atoms in total. The van der Waals surface area contributed by atoms with E-state index in [1.54, 1.807) is 25.6 Å². The summed E-state index contributed by atoms with van der Waals surface area (Å²) in [6.45, 7) is 1.10. The normalized spacial score (nSPS) is 12.1. The van der Waals surface area contributed by atoms with Crippen molar-refractivity contribution in [2.75, 3.05) is 27.7 Å². The van der Waals surface area contributed by atoms with Gasteiger partial charge in [0, 0.05) is 42.3 Å². The summed E-state index contributed by atoms with van der Waals surface area (Å²) >= 11 is 0. The largest absolute Gasteiger partial charge is 0.497 e. The van der Waals surface area contributed by atoms with E-state index in [2.05, 4.69) is 27.3 Å². The molecule has 2 aromatic heterocycles. The number of benzene rings is 2. The number of aromatic nitrogens is 3. The minimum Gasteiger partial charge on any atom is -0.497 e. The Balaban J connectivity index is 1.49. The molecule has 1 unspecified atom stereocenters. The first-order chi connectivity index (χ1) is 17.5. The molecule has 4 rings (SSSR count). The summed E-state index contributed by atoms with van der Waals surface area (Å²) in [6.07, 6.45) is 8.84. The van der Waals surface area contributed by atoms with Gasteiger partial charge >= 0.3 is 0 Å². The number of ether oxygens (including phenoxy) is 1. The highest BCUT2D eigenvalue weighted by atomic mass is 16.5. The van der Waals surface area contributed by atoms with Gasteiger partial charge in [-0.1, -0.05) is 42.5 Å². The van der Waals surface area contributed by atoms with E-state index in [0.29, 0.717) is 13.1 Å². The Bertz CT molecular complexity index is 1300. The number of likely N-dealkylation sites (N-methyl/N-ethyl adjacent to an activating group) is 1. The maximum absolute atomic E-state index is 12.8. The summed E-state index contributed by atoms with van der Waals surface area (Å²) in [5, 5.41) is 7.81. The maximum Gasteiger partial charge on any atom is 0.244 e. The van der Waals surface area contributed by atoms with Crippen molar-refractivity contribution in [1.82, 2.24) is 25.0 Å². The number of amides is 1. The summed E-state index contributed by atoms with van der Waals surface area (Å²) < 4.78 is 7.24. The predicted molar refractivity (Wildman–Crippen MR) is 142 cm³/mol. The minimum atomic E-state index is -0.169. The Kier molecular flexibility index (Phi) is 8.26. The Labute approximate surface area is 212 Å². The van der Waals surface area contributed by atoms with Crippen molar-refractivity contribution in [1.29, 1.82) is 0 Å². The third-order valence-electron chi connectivity index (χ3n) is 5.90. The van der Waals surface area contributed by atoms with E-state index >= 15 is 0 Å². The zero-order chi connectivity index (χ0) is 25.3. The average Bonchev–Trinajstić information content (AvgIpc) is 3.31. The van der Waals surface area contributed by atoms with Gasteiger partial charge in [0.1, 0.15) is 11.4 Å². The van der Waals surface area contributed by atoms with Crippen molar-refractivity contribution < 1.29 is 9.53 Å². The summed E-state index contributed by atoms with van der Waals surface area (Å²) in [4.78, 5) is 19.1. The number of nitrogens with zero attached hydrogens (tertiary/aromatic N) is 4. The van der Waals surface area contributed by atoms with Crippen LogP contribution in [0.3, 0.4) is 0 Å². The van der Waals surface area contributed by atoms with Crippen LogP contribution in [0.5, 0.6) is 5.75 Å². The first kappa shape index (κ1) is 24.9. The van der Waals surface area contributed by atoms with E-state index in [-0.39, 0.29) is 11.9 Å². The molecule has 4 aromatic rings. The van der Waals surface area contributed by atoms with E-state index in [0.717, 1.165) is 33.7 Å². The highest BCUT2D eigenvalue weighted by Crippen LogP contribution is 2.24. The van der Waals surface area contributed by atoms with Crippen LogP contribution in [0, 0.1) is 0 Å². The first-order valence-electron chi connectivity index (χ1n) is 11.8. The highest BCUT2D eigenvalue weighted by Gasteiger charge is 2.16. The summed E-state index contributed by atoms with van der Waals surface area (Å²) in [5.41, 5.74) is 4.76. The SMILES string of the molecule is COc1cccc(C(CNC(=O)/C=C/c2cn(Cc3ccccc3)nc2-c2cccnc2)N(C)C)c1. The molecule has 0 bridgehead atoms. The smallest absolute Gasteiger partial charge is 0.244 e. The highest BCUT2D eigenvalue weighted by molar-refractivity contribution is 5.92. The zero-order valence-electron chi connectivity index (χ0n) is 20.8. The van der Waals surface area contributed by atoms with E-state index in [1.165, 1.54) is 0 Å². The van der Waals surface area contributed by atoms with Crippen molar-refractivity contribution in [2.45, 2.75) is 12.6 Å². The quantitative estimate of drug-likeness (QED) is 0.339. The molecule has 1 N–H and O–H groups in total. The van der Waals surface area contributed by atoms with Gasteiger partial charge < -0.3 is 15.0 Å². The molecule has 36 heavy (non-hydrogen) atoms. The van der Waals surface area contributed by atoms with Gasteiger partial charge in [0.05, 0.1) is 19.7 Å². The molecular weight excluding hydrogens is 450 g/mol. The second-order valence-electron chi connectivity index (χ2n) is 8.69. The number of methoxy groups -OCH3 is 1. The molecular formula is C29H31N5O2. The van der Waals surface area contributed by atoms with E-state index in [9.17, 15) is 4.79 Å². The summed E-state index contributed by atoms with van der Waals surface area (Å²) in [7, 11) is 5.64. The van der Waals surface area contributed by atoms with Gasteiger partial charge in [0.2, 0.25) is 5.91 Å². The molecule has 0 saturated heterocycles. The number of rotatable bonds is 10. The number of nitrogens with one attached hydrogen (secondary N) is 1. The van der Waals surface area contributed by atoms with Crippen LogP contribution >= 0.6 is 0 Å². The van der Waals surface area contributed by atoms with Gasteiger partial charge in [0.25, 0.3) is 0 Å². The van der Waals surface area contributed by atoms with Crippen molar-refractivity contribution in [3.63, 3.8) is 0 Å². The van der Waals surface area contributed by atoms with Crippen LogP contribution in [-0.2, 0) is 11.3 Å². The fraction of sp³-hybridized carbons (Fsp3) is 0.207. The molecule has 2 heterocycles. The van der Waals surface area contributed by atoms with Gasteiger partial charge in [0.15, 0.2) is 0 Å². The average molecular weight is 482 g/mol. The van der Waals surface area contributed by atoms with Gasteiger partial charge in [-0.15, -0.1) is 0 Å². The lowest BCUT2D eigenvalue weighted by Crippen LogP contribution is -2.33. The first-order valence-corrected chi connectivity index (χ1v) is 11.8. The fourth-order valence-electron chi connectivity index (χ4n) is 4.01. The second-order valence-corrected chi connectivity index (χ2v) is 8.69.